The normalized spacial score (nSPS) is 10.9. The third-order valence-electron chi connectivity index (χ3n) is 8.41. The van der Waals surface area contributed by atoms with Crippen LogP contribution in [-0.2, 0) is 61.0 Å². The van der Waals surface area contributed by atoms with E-state index < -0.39 is 73.2 Å². The summed E-state index contributed by atoms with van der Waals surface area (Å²) in [5.41, 5.74) is 13.1. The van der Waals surface area contributed by atoms with Gasteiger partial charge in [0.1, 0.15) is 6.54 Å². The zero-order valence-electron chi connectivity index (χ0n) is 38.5. The van der Waals surface area contributed by atoms with Gasteiger partial charge < -0.3 is 66.7 Å². The molecule has 72 heavy (non-hydrogen) atoms. The lowest BCUT2D eigenvalue weighted by molar-refractivity contribution is -0.193. The third kappa shape index (κ3) is 36.3. The number of hydrogen-bond acceptors (Lipinski definition) is 13. The number of nitrogens with zero attached hydrogens (tertiary/aromatic N) is 3. The van der Waals surface area contributed by atoms with Gasteiger partial charge in [0.05, 0.1) is 52.6 Å². The zero-order chi connectivity index (χ0) is 55.3. The van der Waals surface area contributed by atoms with Gasteiger partial charge in [-0.05, 0) is 56.4 Å². The van der Waals surface area contributed by atoms with Crippen LogP contribution in [0.5, 0.6) is 0 Å². The van der Waals surface area contributed by atoms with Crippen LogP contribution in [0.15, 0.2) is 60.7 Å². The lowest BCUT2D eigenvalue weighted by Crippen LogP contribution is -2.50. The van der Waals surface area contributed by atoms with Gasteiger partial charge in [0.15, 0.2) is 0 Å². The molecule has 0 unspecified atom stereocenters. The minimum atomic E-state index is -5.08. The van der Waals surface area contributed by atoms with Crippen LogP contribution in [0.2, 0.25) is 0 Å². The highest BCUT2D eigenvalue weighted by Crippen LogP contribution is 2.14. The molecule has 0 aliphatic rings. The number of carbonyl (C=O) groups excluding carboxylic acids is 4. The first-order valence-corrected chi connectivity index (χ1v) is 21.1. The Morgan fingerprint density at radius 2 is 0.875 bits per heavy atom. The number of amides is 4. The molecule has 10 N–H and O–H groups in total. The monoisotopic (exact) mass is 1060 g/mol. The van der Waals surface area contributed by atoms with Crippen LogP contribution >= 0.6 is 0 Å². The smallest absolute Gasteiger partial charge is 0.480 e. The number of halogens is 9. The van der Waals surface area contributed by atoms with E-state index >= 15 is 0 Å². The van der Waals surface area contributed by atoms with Crippen molar-refractivity contribution in [3.05, 3.63) is 71.8 Å². The van der Waals surface area contributed by atoms with Crippen molar-refractivity contribution in [2.24, 2.45) is 11.5 Å². The van der Waals surface area contributed by atoms with Gasteiger partial charge in [0, 0.05) is 19.6 Å². The molecule has 0 aromatic heterocycles. The fourth-order valence-electron chi connectivity index (χ4n) is 4.84. The van der Waals surface area contributed by atoms with Gasteiger partial charge in [-0.1, -0.05) is 60.7 Å². The van der Waals surface area contributed by atoms with E-state index in [1.807, 2.05) is 60.7 Å². The summed E-state index contributed by atoms with van der Waals surface area (Å²) in [6.45, 7) is 1.21. The molecule has 2 aromatic carbocycles. The van der Waals surface area contributed by atoms with E-state index in [9.17, 15) is 68.6 Å². The fraction of sp³-hybridized carbons (Fsp3) is 0.524. The number of benzene rings is 2. The van der Waals surface area contributed by atoms with Crippen LogP contribution in [0.1, 0.15) is 36.8 Å². The van der Waals surface area contributed by atoms with Crippen molar-refractivity contribution in [2.75, 3.05) is 85.2 Å². The summed E-state index contributed by atoms with van der Waals surface area (Å²) in [5, 5.41) is 36.4. The van der Waals surface area contributed by atoms with E-state index in [-0.39, 0.29) is 58.4 Å². The maximum Gasteiger partial charge on any atom is 0.490 e. The Morgan fingerprint density at radius 1 is 0.500 bits per heavy atom. The number of hydrogen-bond donors (Lipinski definition) is 8. The molecule has 0 spiro atoms. The topological polar surface area (TPSA) is 322 Å². The molecule has 0 aliphatic heterocycles. The summed E-state index contributed by atoms with van der Waals surface area (Å²) in [6, 6.07) is 19.0. The SMILES string of the molecule is NCCCCNCC(=O)N(CCOCc1ccccc1)CC(=O)NCC(=O)N(CCCCN)CC(=O)N(CCOCc1ccccc1)CC(=O)O.O=C(O)C(F)(F)F.O=C(O)C(F)(F)F.O=C(O)C(F)(F)F. The summed E-state index contributed by atoms with van der Waals surface area (Å²) in [7, 11) is 0. The Labute approximate surface area is 406 Å². The summed E-state index contributed by atoms with van der Waals surface area (Å²) >= 11 is 0. The number of nitrogens with two attached hydrogens (primary N) is 2. The summed E-state index contributed by atoms with van der Waals surface area (Å²) in [6.07, 6.45) is -12.5. The lowest BCUT2D eigenvalue weighted by Gasteiger charge is -2.27. The zero-order valence-corrected chi connectivity index (χ0v) is 38.5. The second kappa shape index (κ2) is 37.2. The van der Waals surface area contributed by atoms with Crippen LogP contribution < -0.4 is 22.1 Å². The number of nitrogens with one attached hydrogen (secondary N) is 2. The Balaban J connectivity index is 0. The average Bonchev–Trinajstić information content (AvgIpc) is 3.30. The van der Waals surface area contributed by atoms with Crippen molar-refractivity contribution >= 4 is 47.5 Å². The molecule has 21 nitrogen and oxygen atoms in total. The predicted octanol–water partition coefficient (Wildman–Crippen LogP) is 2.07. The number of carbonyl (C=O) groups is 8. The number of ether oxygens (including phenoxy) is 2. The summed E-state index contributed by atoms with van der Waals surface area (Å²) in [5.74, 6) is -11.4. The molecular weight excluding hydrogens is 997 g/mol. The molecule has 0 saturated heterocycles. The van der Waals surface area contributed by atoms with Gasteiger partial charge in [-0.3, -0.25) is 24.0 Å². The van der Waals surface area contributed by atoms with Gasteiger partial charge in [-0.25, -0.2) is 14.4 Å². The average molecular weight is 1060 g/mol. The Bertz CT molecular complexity index is 1860. The van der Waals surface area contributed by atoms with Crippen molar-refractivity contribution in [2.45, 2.75) is 57.4 Å². The first kappa shape index (κ1) is 67.4. The molecule has 0 radical (unpaired) electrons. The van der Waals surface area contributed by atoms with Gasteiger partial charge in [-0.15, -0.1) is 0 Å². The van der Waals surface area contributed by atoms with E-state index in [1.165, 1.54) is 9.80 Å². The van der Waals surface area contributed by atoms with Crippen molar-refractivity contribution in [3.8, 4) is 0 Å². The van der Waals surface area contributed by atoms with Crippen molar-refractivity contribution in [3.63, 3.8) is 0 Å². The number of carboxylic acids is 4. The maximum absolute atomic E-state index is 13.3. The quantitative estimate of drug-likeness (QED) is 0.0447. The number of unbranched alkanes of at least 4 members (excludes halogenated alkanes) is 2. The second-order valence-corrected chi connectivity index (χ2v) is 14.3. The van der Waals surface area contributed by atoms with E-state index in [0.29, 0.717) is 45.7 Å². The molecule has 0 fully saturated rings. The van der Waals surface area contributed by atoms with E-state index in [0.717, 1.165) is 28.9 Å². The Morgan fingerprint density at radius 3 is 1.26 bits per heavy atom. The highest BCUT2D eigenvalue weighted by Gasteiger charge is 2.39. The second-order valence-electron chi connectivity index (χ2n) is 14.3. The molecule has 0 bridgehead atoms. The van der Waals surface area contributed by atoms with Crippen molar-refractivity contribution < 1.29 is 108 Å². The lowest BCUT2D eigenvalue weighted by atomic mass is 10.2. The van der Waals surface area contributed by atoms with Crippen LogP contribution in [0.25, 0.3) is 0 Å². The standard InChI is InChI=1S/C36H55N7O8.3C2HF3O2/c37-15-7-9-17-39-23-33(45)42(19-21-50-28-30-11-3-1-4-12-30)25-32(44)40-24-34(46)41(18-10-8-16-38)26-35(47)43(27-36(48)49)20-22-51-29-31-13-5-2-6-14-31;3*3-2(4,5)1(6)7/h1-6,11-14,39H,7-10,15-29,37-38H2,(H,40,44)(H,48,49);3*(H,6,7). The van der Waals surface area contributed by atoms with Gasteiger partial charge in [-0.2, -0.15) is 39.5 Å². The highest BCUT2D eigenvalue weighted by molar-refractivity contribution is 5.91. The highest BCUT2D eigenvalue weighted by atomic mass is 19.4. The minimum Gasteiger partial charge on any atom is -0.480 e. The molecule has 408 valence electrons. The molecule has 0 saturated carbocycles. The molecule has 30 heteroatoms. The van der Waals surface area contributed by atoms with Crippen LogP contribution in [0.3, 0.4) is 0 Å². The maximum atomic E-state index is 13.3. The number of carboxylic acid groups (broad SMARTS) is 4. The fourth-order valence-corrected chi connectivity index (χ4v) is 4.84. The largest absolute Gasteiger partial charge is 0.490 e. The molecule has 0 heterocycles. The molecular formula is C42H58F9N7O14. The summed E-state index contributed by atoms with van der Waals surface area (Å²) < 4.78 is 107. The first-order chi connectivity index (χ1) is 33.6. The molecule has 2 rings (SSSR count). The van der Waals surface area contributed by atoms with E-state index in [2.05, 4.69) is 10.6 Å². The van der Waals surface area contributed by atoms with Crippen LogP contribution in [-0.4, -0.2) is 186 Å². The van der Waals surface area contributed by atoms with Crippen LogP contribution in [0.4, 0.5) is 39.5 Å². The Kier molecular flexibility index (Phi) is 34.8. The Hall–Kier alpha value is -6.63. The minimum absolute atomic E-state index is 0.0142. The number of alkyl halides is 9. The molecule has 2 aromatic rings. The van der Waals surface area contributed by atoms with Gasteiger partial charge >= 0.3 is 42.4 Å². The van der Waals surface area contributed by atoms with Gasteiger partial charge in [0.2, 0.25) is 23.6 Å². The molecule has 0 aliphatic carbocycles. The number of aliphatic carboxylic acids is 4. The van der Waals surface area contributed by atoms with E-state index in [4.69, 9.17) is 50.6 Å². The molecule has 4 amide bonds. The first-order valence-electron chi connectivity index (χ1n) is 21.1. The van der Waals surface area contributed by atoms with Crippen molar-refractivity contribution in [1.82, 2.24) is 25.3 Å². The van der Waals surface area contributed by atoms with Crippen molar-refractivity contribution in [1.29, 1.82) is 0 Å². The van der Waals surface area contributed by atoms with Gasteiger partial charge in [0.25, 0.3) is 0 Å². The van der Waals surface area contributed by atoms with E-state index in [1.54, 1.807) is 0 Å². The predicted molar refractivity (Wildman–Crippen MR) is 233 cm³/mol. The third-order valence-corrected chi connectivity index (χ3v) is 8.41. The number of rotatable bonds is 28. The molecule has 0 atom stereocenters. The summed E-state index contributed by atoms with van der Waals surface area (Å²) in [4.78, 5) is 94.5. The van der Waals surface area contributed by atoms with Crippen LogP contribution in [0, 0.1) is 0 Å².